The summed E-state index contributed by atoms with van der Waals surface area (Å²) < 4.78 is 0. The number of Topliss-reactive ketones (excluding diaryl/α,β-unsaturated/α-hetero) is 1. The summed E-state index contributed by atoms with van der Waals surface area (Å²) in [5, 5.41) is 14.4. The molecule has 2 bridgehead atoms. The number of ketones is 1. The average molecular weight is 363 g/mol. The standard InChI is InChI=1S/C20H30N2O2S/c1-5-14-7-15(11-23)19-22-16(13(4)25-19)9-20(10-17(14)24)8-12(3)21-18(20)6-2/h8,14-15,18,21,23H,5-7,9-11H2,1-4H3/t14-,15+,18-,20+/m1/s1. The van der Waals surface area contributed by atoms with Crippen LogP contribution < -0.4 is 5.32 Å². The van der Waals surface area contributed by atoms with Crippen LogP contribution in [0.25, 0.3) is 0 Å². The third-order valence-electron chi connectivity index (χ3n) is 6.00. The first-order chi connectivity index (χ1) is 11.9. The van der Waals surface area contributed by atoms with Gasteiger partial charge in [-0.05, 0) is 33.1 Å². The number of carbonyl (C=O) groups is 1. The van der Waals surface area contributed by atoms with Gasteiger partial charge in [0.15, 0.2) is 0 Å². The molecule has 0 saturated carbocycles. The van der Waals surface area contributed by atoms with Crippen LogP contribution in [0, 0.1) is 18.3 Å². The molecule has 0 unspecified atom stereocenters. The van der Waals surface area contributed by atoms with Crippen LogP contribution in [-0.4, -0.2) is 28.5 Å². The molecule has 2 aliphatic heterocycles. The summed E-state index contributed by atoms with van der Waals surface area (Å²) in [6.45, 7) is 8.56. The highest BCUT2D eigenvalue weighted by Gasteiger charge is 2.44. The molecule has 1 aromatic rings. The number of allylic oxidation sites excluding steroid dienone is 1. The Hall–Kier alpha value is -1.20. The van der Waals surface area contributed by atoms with Gasteiger partial charge in [0.25, 0.3) is 0 Å². The Kier molecular flexibility index (Phi) is 5.35. The van der Waals surface area contributed by atoms with Gasteiger partial charge in [0, 0.05) is 46.7 Å². The fourth-order valence-corrected chi connectivity index (χ4v) is 5.65. The van der Waals surface area contributed by atoms with Crippen LogP contribution in [0.5, 0.6) is 0 Å². The van der Waals surface area contributed by atoms with Crippen molar-refractivity contribution in [3.8, 4) is 0 Å². The second kappa shape index (κ2) is 7.20. The van der Waals surface area contributed by atoms with E-state index in [0.717, 1.165) is 30.0 Å². The number of nitrogens with one attached hydrogen (secondary N) is 1. The highest BCUT2D eigenvalue weighted by Crippen LogP contribution is 2.44. The molecule has 1 spiro atoms. The second-order valence-corrected chi connectivity index (χ2v) is 9.00. The van der Waals surface area contributed by atoms with E-state index in [2.05, 4.69) is 39.1 Å². The van der Waals surface area contributed by atoms with Crippen LogP contribution in [0.1, 0.15) is 68.0 Å². The van der Waals surface area contributed by atoms with E-state index in [0.29, 0.717) is 18.6 Å². The average Bonchev–Trinajstić information content (AvgIpc) is 3.07. The van der Waals surface area contributed by atoms with Crippen molar-refractivity contribution in [3.05, 3.63) is 27.4 Å². The van der Waals surface area contributed by atoms with Crippen LogP contribution >= 0.6 is 11.3 Å². The highest BCUT2D eigenvalue weighted by molar-refractivity contribution is 7.11. The van der Waals surface area contributed by atoms with Gasteiger partial charge in [0.05, 0.1) is 17.3 Å². The van der Waals surface area contributed by atoms with E-state index in [-0.39, 0.29) is 29.9 Å². The fraction of sp³-hybridized carbons (Fsp3) is 0.700. The number of aliphatic hydroxyl groups is 1. The molecule has 0 radical (unpaired) electrons. The predicted octanol–water partition coefficient (Wildman–Crippen LogP) is 3.73. The van der Waals surface area contributed by atoms with E-state index in [9.17, 15) is 9.90 Å². The van der Waals surface area contributed by atoms with Crippen LogP contribution in [0.15, 0.2) is 11.8 Å². The normalized spacial score (nSPS) is 32.6. The van der Waals surface area contributed by atoms with Gasteiger partial charge in [0.1, 0.15) is 5.78 Å². The van der Waals surface area contributed by atoms with Crippen molar-refractivity contribution in [2.45, 2.75) is 71.8 Å². The van der Waals surface area contributed by atoms with E-state index >= 15 is 0 Å². The highest BCUT2D eigenvalue weighted by atomic mass is 32.1. The summed E-state index contributed by atoms with van der Waals surface area (Å²) in [4.78, 5) is 19.3. The van der Waals surface area contributed by atoms with Gasteiger partial charge in [-0.2, -0.15) is 0 Å². The van der Waals surface area contributed by atoms with E-state index in [1.807, 2.05) is 0 Å². The monoisotopic (exact) mass is 362 g/mol. The Bertz CT molecular complexity index is 681. The molecule has 1 aromatic heterocycles. The molecule has 0 aliphatic carbocycles. The summed E-state index contributed by atoms with van der Waals surface area (Å²) >= 11 is 1.70. The Morgan fingerprint density at radius 2 is 2.04 bits per heavy atom. The lowest BCUT2D eigenvalue weighted by atomic mass is 9.70. The van der Waals surface area contributed by atoms with Crippen molar-refractivity contribution in [1.29, 1.82) is 0 Å². The maximum absolute atomic E-state index is 13.2. The first-order valence-electron chi connectivity index (χ1n) is 9.48. The third kappa shape index (κ3) is 3.41. The van der Waals surface area contributed by atoms with Gasteiger partial charge in [-0.25, -0.2) is 4.98 Å². The lowest BCUT2D eigenvalue weighted by molar-refractivity contribution is -0.125. The van der Waals surface area contributed by atoms with E-state index in [1.54, 1.807) is 11.3 Å². The minimum atomic E-state index is -0.175. The Balaban J connectivity index is 2.09. The zero-order valence-electron chi connectivity index (χ0n) is 15.8. The van der Waals surface area contributed by atoms with Gasteiger partial charge >= 0.3 is 0 Å². The molecule has 138 valence electrons. The number of carbonyl (C=O) groups excluding carboxylic acids is 1. The Morgan fingerprint density at radius 1 is 1.28 bits per heavy atom. The molecular formula is C20H30N2O2S. The molecule has 0 aromatic carbocycles. The zero-order chi connectivity index (χ0) is 18.2. The molecule has 3 heterocycles. The van der Waals surface area contributed by atoms with Crippen molar-refractivity contribution in [1.82, 2.24) is 10.3 Å². The molecule has 4 atom stereocenters. The molecule has 5 heteroatoms. The van der Waals surface area contributed by atoms with Crippen LogP contribution in [0.3, 0.4) is 0 Å². The topological polar surface area (TPSA) is 62.2 Å². The van der Waals surface area contributed by atoms with Crippen molar-refractivity contribution >= 4 is 17.1 Å². The van der Waals surface area contributed by atoms with Crippen molar-refractivity contribution in [2.24, 2.45) is 11.3 Å². The van der Waals surface area contributed by atoms with E-state index < -0.39 is 0 Å². The summed E-state index contributed by atoms with van der Waals surface area (Å²) in [6.07, 6.45) is 6.19. The summed E-state index contributed by atoms with van der Waals surface area (Å²) in [5.41, 5.74) is 2.10. The molecule has 2 N–H and O–H groups in total. The van der Waals surface area contributed by atoms with Gasteiger partial charge in [0.2, 0.25) is 0 Å². The van der Waals surface area contributed by atoms with Gasteiger partial charge in [-0.3, -0.25) is 4.79 Å². The summed E-state index contributed by atoms with van der Waals surface area (Å²) in [5.74, 6) is 0.338. The maximum Gasteiger partial charge on any atom is 0.136 e. The molecule has 4 nitrogen and oxygen atoms in total. The third-order valence-corrected chi connectivity index (χ3v) is 7.18. The molecule has 2 aliphatic rings. The van der Waals surface area contributed by atoms with E-state index in [4.69, 9.17) is 4.98 Å². The minimum Gasteiger partial charge on any atom is -0.396 e. The SMILES string of the molecule is CC[C@@H]1C[C@@H](CO)c2nc(c(C)s2)C[C@@]2(C=C(C)N[C@@H]2CC)CC1=O. The van der Waals surface area contributed by atoms with Crippen molar-refractivity contribution in [2.75, 3.05) is 6.61 Å². The first-order valence-corrected chi connectivity index (χ1v) is 10.3. The summed E-state index contributed by atoms with van der Waals surface area (Å²) in [6, 6.07) is 0.284. The lowest BCUT2D eigenvalue weighted by Gasteiger charge is -2.35. The zero-order valence-corrected chi connectivity index (χ0v) is 16.6. The number of thiazole rings is 1. The number of nitrogens with zero attached hydrogens (tertiary/aromatic N) is 1. The van der Waals surface area contributed by atoms with Crippen molar-refractivity contribution in [3.63, 3.8) is 0 Å². The molecule has 3 rings (SSSR count). The second-order valence-electron chi connectivity index (χ2n) is 7.76. The van der Waals surface area contributed by atoms with Crippen LogP contribution in [0.4, 0.5) is 0 Å². The fourth-order valence-electron chi connectivity index (χ4n) is 4.60. The Labute approximate surface area is 154 Å². The van der Waals surface area contributed by atoms with E-state index in [1.165, 1.54) is 10.6 Å². The number of fused-ring (bicyclic) bond motifs is 2. The minimum absolute atomic E-state index is 0.00610. The van der Waals surface area contributed by atoms with Crippen LogP contribution in [-0.2, 0) is 11.2 Å². The number of aliphatic hydroxyl groups excluding tert-OH is 1. The number of hydrogen-bond acceptors (Lipinski definition) is 5. The molecule has 25 heavy (non-hydrogen) atoms. The quantitative estimate of drug-likeness (QED) is 0.860. The van der Waals surface area contributed by atoms with Crippen molar-refractivity contribution < 1.29 is 9.90 Å². The number of aromatic nitrogens is 1. The van der Waals surface area contributed by atoms with Gasteiger partial charge in [-0.1, -0.05) is 19.9 Å². The smallest absolute Gasteiger partial charge is 0.136 e. The molecule has 0 saturated heterocycles. The van der Waals surface area contributed by atoms with Gasteiger partial charge < -0.3 is 10.4 Å². The molecule has 0 amide bonds. The number of hydrogen-bond donors (Lipinski definition) is 2. The van der Waals surface area contributed by atoms with Gasteiger partial charge in [-0.15, -0.1) is 11.3 Å². The number of rotatable bonds is 3. The molecular weight excluding hydrogens is 332 g/mol. The van der Waals surface area contributed by atoms with Crippen LogP contribution in [0.2, 0.25) is 0 Å². The number of aryl methyl sites for hydroxylation is 1. The molecule has 0 fully saturated rings. The lowest BCUT2D eigenvalue weighted by Crippen LogP contribution is -2.42. The predicted molar refractivity (Wildman–Crippen MR) is 102 cm³/mol. The largest absolute Gasteiger partial charge is 0.396 e. The Morgan fingerprint density at radius 3 is 2.68 bits per heavy atom. The first kappa shape index (κ1) is 18.6. The summed E-state index contributed by atoms with van der Waals surface area (Å²) in [7, 11) is 0. The maximum atomic E-state index is 13.2.